The van der Waals surface area contributed by atoms with Crippen molar-refractivity contribution in [2.24, 2.45) is 0 Å². The lowest BCUT2D eigenvalue weighted by atomic mass is 10.1. The number of aryl methyl sites for hydroxylation is 2. The molecule has 2 aromatic carbocycles. The number of rotatable bonds is 8. The Labute approximate surface area is 194 Å². The number of amides is 1. The SMILES string of the molecule is CNCC(=O)NCc1ccc(CCn2cnc3cc(-c4ccc(Cl)cc4)sc3c2=O)cc1. The Kier molecular flexibility index (Phi) is 6.99. The van der Waals surface area contributed by atoms with Crippen molar-refractivity contribution in [3.05, 3.63) is 87.4 Å². The highest BCUT2D eigenvalue weighted by atomic mass is 35.5. The molecule has 0 atom stereocenters. The van der Waals surface area contributed by atoms with E-state index in [0.717, 1.165) is 28.0 Å². The number of nitrogens with zero attached hydrogens (tertiary/aromatic N) is 2. The topological polar surface area (TPSA) is 76.0 Å². The molecule has 0 spiro atoms. The van der Waals surface area contributed by atoms with E-state index in [0.29, 0.717) is 34.9 Å². The summed E-state index contributed by atoms with van der Waals surface area (Å²) in [5.74, 6) is -0.0355. The molecular weight excluding hydrogens is 444 g/mol. The van der Waals surface area contributed by atoms with Crippen molar-refractivity contribution in [3.63, 3.8) is 0 Å². The molecule has 0 unspecified atom stereocenters. The number of carbonyl (C=O) groups excluding carboxylic acids is 1. The zero-order valence-electron chi connectivity index (χ0n) is 17.6. The fraction of sp³-hybridized carbons (Fsp3) is 0.208. The lowest BCUT2D eigenvalue weighted by molar-refractivity contribution is -0.120. The van der Waals surface area contributed by atoms with Crippen LogP contribution in [0.25, 0.3) is 20.7 Å². The van der Waals surface area contributed by atoms with Gasteiger partial charge in [-0.1, -0.05) is 48.0 Å². The molecule has 0 bridgehead atoms. The molecule has 32 heavy (non-hydrogen) atoms. The van der Waals surface area contributed by atoms with Crippen molar-refractivity contribution in [1.29, 1.82) is 0 Å². The van der Waals surface area contributed by atoms with Crippen molar-refractivity contribution in [1.82, 2.24) is 20.2 Å². The van der Waals surface area contributed by atoms with Crippen LogP contribution in [0.5, 0.6) is 0 Å². The molecule has 0 fully saturated rings. The molecule has 164 valence electrons. The van der Waals surface area contributed by atoms with Gasteiger partial charge in [0.05, 0.1) is 18.4 Å². The maximum Gasteiger partial charge on any atom is 0.271 e. The second kappa shape index (κ2) is 10.1. The fourth-order valence-electron chi connectivity index (χ4n) is 3.36. The first kappa shape index (κ1) is 22.2. The molecule has 2 N–H and O–H groups in total. The lowest BCUT2D eigenvalue weighted by Crippen LogP contribution is -2.31. The van der Waals surface area contributed by atoms with Gasteiger partial charge in [-0.15, -0.1) is 11.3 Å². The molecule has 4 rings (SSSR count). The van der Waals surface area contributed by atoms with Crippen LogP contribution in [0.1, 0.15) is 11.1 Å². The van der Waals surface area contributed by atoms with E-state index in [4.69, 9.17) is 11.6 Å². The number of thiophene rings is 1. The summed E-state index contributed by atoms with van der Waals surface area (Å²) in [6.45, 7) is 1.35. The van der Waals surface area contributed by atoms with Gasteiger partial charge in [-0.2, -0.15) is 0 Å². The highest BCUT2D eigenvalue weighted by Crippen LogP contribution is 2.31. The van der Waals surface area contributed by atoms with Crippen molar-refractivity contribution in [2.45, 2.75) is 19.5 Å². The molecule has 2 heterocycles. The largest absolute Gasteiger partial charge is 0.351 e. The van der Waals surface area contributed by atoms with Crippen LogP contribution >= 0.6 is 22.9 Å². The van der Waals surface area contributed by atoms with Crippen molar-refractivity contribution in [2.75, 3.05) is 13.6 Å². The number of carbonyl (C=O) groups is 1. The minimum atomic E-state index is -0.0355. The van der Waals surface area contributed by atoms with Crippen LogP contribution in [0, 0.1) is 0 Å². The summed E-state index contributed by atoms with van der Waals surface area (Å²) >= 11 is 7.43. The highest BCUT2D eigenvalue weighted by Gasteiger charge is 2.11. The molecule has 0 aliphatic rings. The van der Waals surface area contributed by atoms with Crippen LogP contribution in [0.2, 0.25) is 5.02 Å². The highest BCUT2D eigenvalue weighted by molar-refractivity contribution is 7.22. The monoisotopic (exact) mass is 466 g/mol. The number of fused-ring (bicyclic) bond motifs is 1. The van der Waals surface area contributed by atoms with Crippen LogP contribution in [0.4, 0.5) is 0 Å². The Morgan fingerprint density at radius 3 is 2.53 bits per heavy atom. The second-order valence-corrected chi connectivity index (χ2v) is 8.94. The van der Waals surface area contributed by atoms with Gasteiger partial charge < -0.3 is 10.6 Å². The molecule has 0 aliphatic carbocycles. The first-order valence-corrected chi connectivity index (χ1v) is 11.5. The molecule has 0 saturated carbocycles. The molecular formula is C24H23ClN4O2S. The first-order valence-electron chi connectivity index (χ1n) is 10.3. The Morgan fingerprint density at radius 2 is 1.81 bits per heavy atom. The van der Waals surface area contributed by atoms with E-state index < -0.39 is 0 Å². The van der Waals surface area contributed by atoms with Crippen molar-refractivity contribution in [3.8, 4) is 10.4 Å². The molecule has 1 amide bonds. The minimum absolute atomic E-state index is 0.0240. The zero-order chi connectivity index (χ0) is 22.5. The van der Waals surface area contributed by atoms with Crippen LogP contribution in [0.3, 0.4) is 0 Å². The average molecular weight is 467 g/mol. The molecule has 0 saturated heterocycles. The Hall–Kier alpha value is -3.00. The number of hydrogen-bond acceptors (Lipinski definition) is 5. The minimum Gasteiger partial charge on any atom is -0.351 e. The van der Waals surface area contributed by atoms with Crippen molar-refractivity contribution < 1.29 is 4.79 Å². The van der Waals surface area contributed by atoms with Gasteiger partial charge in [0.1, 0.15) is 4.70 Å². The van der Waals surface area contributed by atoms with Gasteiger partial charge in [0.15, 0.2) is 0 Å². The van der Waals surface area contributed by atoms with Gasteiger partial charge in [-0.25, -0.2) is 4.98 Å². The van der Waals surface area contributed by atoms with E-state index in [-0.39, 0.29) is 11.5 Å². The number of benzene rings is 2. The summed E-state index contributed by atoms with van der Waals surface area (Å²) < 4.78 is 2.32. The van der Waals surface area contributed by atoms with E-state index in [1.165, 1.54) is 11.3 Å². The normalized spacial score (nSPS) is 11.1. The molecule has 6 nitrogen and oxygen atoms in total. The number of aromatic nitrogens is 2. The Morgan fingerprint density at radius 1 is 1.09 bits per heavy atom. The van der Waals surface area contributed by atoms with E-state index in [1.54, 1.807) is 17.9 Å². The maximum atomic E-state index is 13.0. The van der Waals surface area contributed by atoms with Gasteiger partial charge in [0.2, 0.25) is 5.91 Å². The third kappa shape index (κ3) is 5.24. The van der Waals surface area contributed by atoms with Gasteiger partial charge in [0.25, 0.3) is 5.56 Å². The summed E-state index contributed by atoms with van der Waals surface area (Å²) in [7, 11) is 1.74. The van der Waals surface area contributed by atoms with Gasteiger partial charge in [-0.3, -0.25) is 14.2 Å². The Balaban J connectivity index is 1.43. The van der Waals surface area contributed by atoms with E-state index in [2.05, 4.69) is 15.6 Å². The Bertz CT molecular complexity index is 1280. The standard InChI is InChI=1S/C24H23ClN4O2S/c1-26-14-22(30)27-13-17-4-2-16(3-5-17)10-11-29-15-28-20-12-21(32-23(20)24(29)31)18-6-8-19(25)9-7-18/h2-9,12,15,26H,10-11,13-14H2,1H3,(H,27,30). The third-order valence-corrected chi connectivity index (χ3v) is 6.54. The summed E-state index contributed by atoms with van der Waals surface area (Å²) in [6, 6.07) is 17.6. The smallest absolute Gasteiger partial charge is 0.271 e. The molecule has 4 aromatic rings. The molecule has 2 aromatic heterocycles. The van der Waals surface area contributed by atoms with Gasteiger partial charge in [-0.05, 0) is 48.4 Å². The van der Waals surface area contributed by atoms with E-state index >= 15 is 0 Å². The predicted octanol–water partition coefficient (Wildman–Crippen LogP) is 3.86. The first-order chi connectivity index (χ1) is 15.5. The summed E-state index contributed by atoms with van der Waals surface area (Å²) in [5, 5.41) is 6.36. The molecule has 0 aliphatic heterocycles. The quantitative estimate of drug-likeness (QED) is 0.413. The fourth-order valence-corrected chi connectivity index (χ4v) is 4.55. The lowest BCUT2D eigenvalue weighted by Gasteiger charge is -2.08. The number of halogens is 1. The van der Waals surface area contributed by atoms with Gasteiger partial charge >= 0.3 is 0 Å². The van der Waals surface area contributed by atoms with E-state index in [9.17, 15) is 9.59 Å². The molecule has 8 heteroatoms. The number of likely N-dealkylation sites (N-methyl/N-ethyl adjacent to an activating group) is 1. The average Bonchev–Trinajstić information content (AvgIpc) is 3.24. The third-order valence-electron chi connectivity index (χ3n) is 5.12. The van der Waals surface area contributed by atoms with Crippen LogP contribution < -0.4 is 16.2 Å². The summed E-state index contributed by atoms with van der Waals surface area (Å²) in [5.41, 5.74) is 3.86. The van der Waals surface area contributed by atoms with Gasteiger partial charge in [0, 0.05) is 23.0 Å². The van der Waals surface area contributed by atoms with Crippen LogP contribution in [-0.2, 0) is 24.3 Å². The molecule has 0 radical (unpaired) electrons. The van der Waals surface area contributed by atoms with Crippen LogP contribution in [0.15, 0.2) is 65.7 Å². The summed E-state index contributed by atoms with van der Waals surface area (Å²) in [6.07, 6.45) is 2.34. The predicted molar refractivity (Wildman–Crippen MR) is 130 cm³/mol. The zero-order valence-corrected chi connectivity index (χ0v) is 19.2. The maximum absolute atomic E-state index is 13.0. The second-order valence-electron chi connectivity index (χ2n) is 7.45. The summed E-state index contributed by atoms with van der Waals surface area (Å²) in [4.78, 5) is 30.0. The van der Waals surface area contributed by atoms with Crippen molar-refractivity contribution >= 4 is 39.1 Å². The van der Waals surface area contributed by atoms with Crippen LogP contribution in [-0.4, -0.2) is 29.1 Å². The number of nitrogens with one attached hydrogen (secondary N) is 2. The van der Waals surface area contributed by atoms with E-state index in [1.807, 2.05) is 54.6 Å². The number of hydrogen-bond donors (Lipinski definition) is 2.